The van der Waals surface area contributed by atoms with Crippen molar-refractivity contribution in [3.8, 4) is 0 Å². The predicted octanol–water partition coefficient (Wildman–Crippen LogP) is 4.43. The van der Waals surface area contributed by atoms with Gasteiger partial charge in [0.05, 0.1) is 6.26 Å². The predicted molar refractivity (Wildman–Crippen MR) is 89.8 cm³/mol. The molecule has 0 unspecified atom stereocenters. The normalized spacial score (nSPS) is 12.8. The van der Waals surface area contributed by atoms with Crippen LogP contribution in [0, 0.1) is 13.8 Å². The van der Waals surface area contributed by atoms with Gasteiger partial charge in [0, 0.05) is 5.69 Å². The molecule has 1 aromatic heterocycles. The van der Waals surface area contributed by atoms with Crippen molar-refractivity contribution in [2.75, 3.05) is 5.32 Å². The standard InChI is InChI=1S/C15H15Cl3N2O2/c1-9-5-6-10(2)11(8-9)19-14(15(16,17)18)20-13(21)12-4-3-7-22-12/h3-8,14,19H,1-2H3,(H,20,21)/t14-/m1/s1. The van der Waals surface area contributed by atoms with E-state index < -0.39 is 15.9 Å². The molecule has 0 saturated carbocycles. The van der Waals surface area contributed by atoms with Gasteiger partial charge in [-0.05, 0) is 43.2 Å². The molecule has 7 heteroatoms. The number of anilines is 1. The Morgan fingerprint density at radius 2 is 1.95 bits per heavy atom. The van der Waals surface area contributed by atoms with Crippen molar-refractivity contribution in [1.29, 1.82) is 0 Å². The molecule has 1 aromatic carbocycles. The number of nitrogens with one attached hydrogen (secondary N) is 2. The fourth-order valence-electron chi connectivity index (χ4n) is 1.86. The average Bonchev–Trinajstić information content (AvgIpc) is 2.95. The molecule has 0 radical (unpaired) electrons. The van der Waals surface area contributed by atoms with Gasteiger partial charge in [-0.2, -0.15) is 0 Å². The van der Waals surface area contributed by atoms with E-state index in [4.69, 9.17) is 39.2 Å². The molecule has 4 nitrogen and oxygen atoms in total. The van der Waals surface area contributed by atoms with Crippen LogP contribution in [0.2, 0.25) is 0 Å². The van der Waals surface area contributed by atoms with Gasteiger partial charge >= 0.3 is 0 Å². The number of rotatable bonds is 4. The van der Waals surface area contributed by atoms with Crippen LogP contribution < -0.4 is 10.6 Å². The summed E-state index contributed by atoms with van der Waals surface area (Å²) in [5, 5.41) is 5.67. The van der Waals surface area contributed by atoms with E-state index in [-0.39, 0.29) is 5.76 Å². The summed E-state index contributed by atoms with van der Waals surface area (Å²) >= 11 is 17.9. The van der Waals surface area contributed by atoms with Crippen molar-refractivity contribution in [2.45, 2.75) is 23.8 Å². The fraction of sp³-hybridized carbons (Fsp3) is 0.267. The number of aryl methyl sites for hydroxylation is 2. The highest BCUT2D eigenvalue weighted by molar-refractivity contribution is 6.68. The Kier molecular flexibility index (Phi) is 5.27. The maximum Gasteiger partial charge on any atom is 0.288 e. The molecule has 1 amide bonds. The first kappa shape index (κ1) is 17.0. The van der Waals surface area contributed by atoms with Crippen LogP contribution in [0.15, 0.2) is 41.0 Å². The molecular formula is C15H15Cl3N2O2. The summed E-state index contributed by atoms with van der Waals surface area (Å²) in [5.41, 5.74) is 2.79. The SMILES string of the molecule is Cc1ccc(C)c(N[C@H](NC(=O)c2ccco2)C(Cl)(Cl)Cl)c1. The van der Waals surface area contributed by atoms with Crippen molar-refractivity contribution in [2.24, 2.45) is 0 Å². The van der Waals surface area contributed by atoms with Gasteiger partial charge in [-0.1, -0.05) is 46.9 Å². The molecule has 0 aliphatic heterocycles. The first-order chi connectivity index (χ1) is 10.3. The van der Waals surface area contributed by atoms with Crippen molar-refractivity contribution in [1.82, 2.24) is 5.32 Å². The van der Waals surface area contributed by atoms with E-state index >= 15 is 0 Å². The third-order valence-corrected chi connectivity index (χ3v) is 3.70. The Bertz CT molecular complexity index is 651. The van der Waals surface area contributed by atoms with Gasteiger partial charge in [0.1, 0.15) is 6.17 Å². The van der Waals surface area contributed by atoms with Gasteiger partial charge < -0.3 is 15.1 Å². The molecule has 2 rings (SSSR count). The van der Waals surface area contributed by atoms with Gasteiger partial charge in [0.2, 0.25) is 3.79 Å². The van der Waals surface area contributed by atoms with E-state index in [1.807, 2.05) is 32.0 Å². The van der Waals surface area contributed by atoms with Gasteiger partial charge in [-0.3, -0.25) is 4.79 Å². The minimum atomic E-state index is -1.74. The Balaban J connectivity index is 2.20. The lowest BCUT2D eigenvalue weighted by Gasteiger charge is -2.28. The summed E-state index contributed by atoms with van der Waals surface area (Å²) in [4.78, 5) is 12.1. The van der Waals surface area contributed by atoms with Crippen LogP contribution in [0.4, 0.5) is 5.69 Å². The molecule has 0 aliphatic carbocycles. The number of amides is 1. The minimum absolute atomic E-state index is 0.141. The van der Waals surface area contributed by atoms with Crippen LogP contribution in [0.5, 0.6) is 0 Å². The zero-order chi connectivity index (χ0) is 16.3. The first-order valence-electron chi connectivity index (χ1n) is 6.52. The third kappa shape index (κ3) is 4.32. The number of benzene rings is 1. The Morgan fingerprint density at radius 3 is 2.55 bits per heavy atom. The molecular weight excluding hydrogens is 347 g/mol. The lowest BCUT2D eigenvalue weighted by molar-refractivity contribution is 0.0914. The van der Waals surface area contributed by atoms with Crippen molar-refractivity contribution < 1.29 is 9.21 Å². The quantitative estimate of drug-likeness (QED) is 0.625. The number of hydrogen-bond donors (Lipinski definition) is 2. The number of alkyl halides is 3. The van der Waals surface area contributed by atoms with E-state index in [0.717, 1.165) is 16.8 Å². The highest BCUT2D eigenvalue weighted by atomic mass is 35.6. The Labute approximate surface area is 143 Å². The summed E-state index contributed by atoms with van der Waals surface area (Å²) in [6.07, 6.45) is 0.479. The van der Waals surface area contributed by atoms with Gasteiger partial charge in [-0.25, -0.2) is 0 Å². The Morgan fingerprint density at radius 1 is 1.23 bits per heavy atom. The fourth-order valence-corrected chi connectivity index (χ4v) is 2.18. The molecule has 0 saturated heterocycles. The molecule has 0 fully saturated rings. The topological polar surface area (TPSA) is 54.3 Å². The highest BCUT2D eigenvalue weighted by Gasteiger charge is 2.35. The zero-order valence-corrected chi connectivity index (χ0v) is 14.3. The number of hydrogen-bond acceptors (Lipinski definition) is 3. The third-order valence-electron chi connectivity index (χ3n) is 3.04. The van der Waals surface area contributed by atoms with Crippen LogP contribution in [-0.4, -0.2) is 15.9 Å². The molecule has 1 heterocycles. The van der Waals surface area contributed by atoms with Crippen LogP contribution in [0.25, 0.3) is 0 Å². The van der Waals surface area contributed by atoms with Gasteiger partial charge in [0.15, 0.2) is 5.76 Å². The molecule has 0 bridgehead atoms. The maximum atomic E-state index is 12.1. The largest absolute Gasteiger partial charge is 0.459 e. The lowest BCUT2D eigenvalue weighted by atomic mass is 10.1. The van der Waals surface area contributed by atoms with E-state index in [1.165, 1.54) is 12.3 Å². The summed E-state index contributed by atoms with van der Waals surface area (Å²) in [7, 11) is 0. The number of carbonyl (C=O) groups is 1. The monoisotopic (exact) mass is 360 g/mol. The molecule has 2 N–H and O–H groups in total. The molecule has 22 heavy (non-hydrogen) atoms. The van der Waals surface area contributed by atoms with E-state index in [2.05, 4.69) is 10.6 Å². The average molecular weight is 362 g/mol. The number of halogens is 3. The van der Waals surface area contributed by atoms with Crippen LogP contribution >= 0.6 is 34.8 Å². The molecule has 0 spiro atoms. The molecule has 0 aliphatic rings. The molecule has 1 atom stereocenters. The van der Waals surface area contributed by atoms with Crippen molar-refractivity contribution in [3.05, 3.63) is 53.5 Å². The summed E-state index contributed by atoms with van der Waals surface area (Å²) in [5.74, 6) is -0.332. The molecule has 118 valence electrons. The summed E-state index contributed by atoms with van der Waals surface area (Å²) in [6.45, 7) is 3.88. The van der Waals surface area contributed by atoms with Crippen molar-refractivity contribution in [3.63, 3.8) is 0 Å². The Hall–Kier alpha value is -1.36. The smallest absolute Gasteiger partial charge is 0.288 e. The van der Waals surface area contributed by atoms with E-state index in [9.17, 15) is 4.79 Å². The second-order valence-corrected chi connectivity index (χ2v) is 7.26. The van der Waals surface area contributed by atoms with Gasteiger partial charge in [-0.15, -0.1) is 0 Å². The van der Waals surface area contributed by atoms with Crippen LogP contribution in [0.1, 0.15) is 21.7 Å². The zero-order valence-electron chi connectivity index (χ0n) is 12.0. The van der Waals surface area contributed by atoms with Crippen LogP contribution in [0.3, 0.4) is 0 Å². The van der Waals surface area contributed by atoms with Gasteiger partial charge in [0.25, 0.3) is 5.91 Å². The number of carbonyl (C=O) groups excluding carboxylic acids is 1. The second-order valence-electron chi connectivity index (χ2n) is 4.89. The van der Waals surface area contributed by atoms with E-state index in [1.54, 1.807) is 6.07 Å². The summed E-state index contributed by atoms with van der Waals surface area (Å²) in [6, 6.07) is 8.98. The van der Waals surface area contributed by atoms with Crippen molar-refractivity contribution >= 4 is 46.4 Å². The van der Waals surface area contributed by atoms with Crippen LogP contribution in [-0.2, 0) is 0 Å². The maximum absolute atomic E-state index is 12.1. The second kappa shape index (κ2) is 6.82. The minimum Gasteiger partial charge on any atom is -0.459 e. The molecule has 2 aromatic rings. The first-order valence-corrected chi connectivity index (χ1v) is 7.65. The highest BCUT2D eigenvalue weighted by Crippen LogP contribution is 2.32. The number of furan rings is 1. The summed E-state index contributed by atoms with van der Waals surface area (Å²) < 4.78 is 3.30. The lowest BCUT2D eigenvalue weighted by Crippen LogP contribution is -2.49. The van der Waals surface area contributed by atoms with E-state index in [0.29, 0.717) is 0 Å².